The number of hydrogen-bond acceptors (Lipinski definition) is 4. The van der Waals surface area contributed by atoms with Crippen LogP contribution in [0.15, 0.2) is 12.1 Å². The summed E-state index contributed by atoms with van der Waals surface area (Å²) in [5.41, 5.74) is 1.25. The molecule has 1 aliphatic carbocycles. The molecule has 3 rings (SSSR count). The molecule has 2 aliphatic rings. The van der Waals surface area contributed by atoms with Crippen LogP contribution in [0.25, 0.3) is 0 Å². The highest BCUT2D eigenvalue weighted by atomic mass is 35.5. The fourth-order valence-electron chi connectivity index (χ4n) is 3.65. The molecule has 1 aromatic rings. The third kappa shape index (κ3) is 3.35. The van der Waals surface area contributed by atoms with Gasteiger partial charge < -0.3 is 10.1 Å². The number of methoxy groups -OCH3 is 1. The quantitative estimate of drug-likeness (QED) is 0.833. The first-order valence-electron chi connectivity index (χ1n) is 8.41. The zero-order valence-corrected chi connectivity index (χ0v) is 15.1. The van der Waals surface area contributed by atoms with Crippen LogP contribution < -0.4 is 10.1 Å². The first-order valence-corrected chi connectivity index (χ1v) is 8.79. The van der Waals surface area contributed by atoms with E-state index in [1.54, 1.807) is 12.1 Å². The third-order valence-electron chi connectivity index (χ3n) is 4.99. The number of likely N-dealkylation sites (tertiary alicyclic amines) is 1. The van der Waals surface area contributed by atoms with Crippen LogP contribution in [0.4, 0.5) is 5.69 Å². The first kappa shape index (κ1) is 17.7. The molecule has 0 radical (unpaired) electrons. The number of nitrogens with one attached hydrogen (secondary N) is 1. The van der Waals surface area contributed by atoms with Crippen LogP contribution in [0.1, 0.15) is 31.2 Å². The number of rotatable bonds is 4. The van der Waals surface area contributed by atoms with Crippen molar-refractivity contribution in [3.05, 3.63) is 22.7 Å². The molecule has 6 nitrogen and oxygen atoms in total. The number of fused-ring (bicyclic) bond motifs is 1. The van der Waals surface area contributed by atoms with E-state index in [1.165, 1.54) is 7.11 Å². The van der Waals surface area contributed by atoms with E-state index < -0.39 is 5.91 Å². The van der Waals surface area contributed by atoms with E-state index in [0.29, 0.717) is 16.5 Å². The number of amides is 3. The van der Waals surface area contributed by atoms with E-state index in [2.05, 4.69) is 5.32 Å². The van der Waals surface area contributed by atoms with Crippen LogP contribution in [-0.4, -0.2) is 36.3 Å². The molecule has 1 N–H and O–H groups in total. The molecule has 25 heavy (non-hydrogen) atoms. The Kier molecular flexibility index (Phi) is 4.99. The van der Waals surface area contributed by atoms with Crippen molar-refractivity contribution in [1.29, 1.82) is 0 Å². The van der Waals surface area contributed by atoms with Gasteiger partial charge in [-0.3, -0.25) is 19.3 Å². The number of imide groups is 1. The Hall–Kier alpha value is -2.08. The predicted octanol–water partition coefficient (Wildman–Crippen LogP) is 2.77. The van der Waals surface area contributed by atoms with Crippen LogP contribution in [0, 0.1) is 18.8 Å². The van der Waals surface area contributed by atoms with Crippen molar-refractivity contribution < 1.29 is 19.1 Å². The van der Waals surface area contributed by atoms with Crippen molar-refractivity contribution in [2.24, 2.45) is 11.8 Å². The number of carbonyl (C=O) groups excluding carboxylic acids is 3. The van der Waals surface area contributed by atoms with E-state index in [9.17, 15) is 14.4 Å². The second-order valence-corrected chi connectivity index (χ2v) is 7.02. The van der Waals surface area contributed by atoms with Gasteiger partial charge in [-0.2, -0.15) is 0 Å². The van der Waals surface area contributed by atoms with Crippen LogP contribution in [0.5, 0.6) is 5.75 Å². The zero-order valence-electron chi connectivity index (χ0n) is 14.3. The van der Waals surface area contributed by atoms with Crippen LogP contribution >= 0.6 is 11.6 Å². The number of halogens is 1. The Labute approximate surface area is 151 Å². The standard InChI is InChI=1S/C18H21ClN2O4/c1-10-7-14(15(25-2)8-13(10)19)20-16(22)9-21-17(23)11-5-3-4-6-12(11)18(21)24/h7-8,11-12H,3-6,9H2,1-2H3,(H,20,22)/t11-,12-/m0/s1. The molecule has 0 bridgehead atoms. The SMILES string of the molecule is COc1cc(Cl)c(C)cc1NC(=O)CN1C(=O)[C@H]2CCCC[C@@H]2C1=O. The summed E-state index contributed by atoms with van der Waals surface area (Å²) < 4.78 is 5.22. The van der Waals surface area contributed by atoms with Crippen molar-refractivity contribution in [1.82, 2.24) is 4.90 Å². The summed E-state index contributed by atoms with van der Waals surface area (Å²) in [7, 11) is 1.48. The maximum absolute atomic E-state index is 12.4. The van der Waals surface area contributed by atoms with Crippen molar-refractivity contribution in [3.63, 3.8) is 0 Å². The topological polar surface area (TPSA) is 75.7 Å². The molecule has 0 spiro atoms. The summed E-state index contributed by atoms with van der Waals surface area (Å²) in [6.07, 6.45) is 3.39. The van der Waals surface area contributed by atoms with E-state index in [1.807, 2.05) is 6.92 Å². The Morgan fingerprint density at radius 2 is 1.84 bits per heavy atom. The van der Waals surface area contributed by atoms with Crippen molar-refractivity contribution in [3.8, 4) is 5.75 Å². The Morgan fingerprint density at radius 1 is 1.24 bits per heavy atom. The lowest BCUT2D eigenvalue weighted by atomic mass is 9.81. The summed E-state index contributed by atoms with van der Waals surface area (Å²) in [6, 6.07) is 3.32. The summed E-state index contributed by atoms with van der Waals surface area (Å²) in [5, 5.41) is 3.24. The van der Waals surface area contributed by atoms with Gasteiger partial charge in [-0.05, 0) is 31.4 Å². The number of hydrogen-bond donors (Lipinski definition) is 1. The van der Waals surface area contributed by atoms with Gasteiger partial charge in [0.2, 0.25) is 17.7 Å². The average Bonchev–Trinajstić information content (AvgIpc) is 2.83. The molecular weight excluding hydrogens is 344 g/mol. The monoisotopic (exact) mass is 364 g/mol. The molecule has 3 amide bonds. The fourth-order valence-corrected chi connectivity index (χ4v) is 3.80. The smallest absolute Gasteiger partial charge is 0.244 e. The van der Waals surface area contributed by atoms with Gasteiger partial charge in [0.1, 0.15) is 12.3 Å². The minimum absolute atomic E-state index is 0.218. The molecule has 0 unspecified atom stereocenters. The highest BCUT2D eigenvalue weighted by Crippen LogP contribution is 2.38. The second kappa shape index (κ2) is 7.04. The Balaban J connectivity index is 1.72. The normalized spacial score (nSPS) is 22.8. The minimum Gasteiger partial charge on any atom is -0.495 e. The van der Waals surface area contributed by atoms with Gasteiger partial charge >= 0.3 is 0 Å². The van der Waals surface area contributed by atoms with Gasteiger partial charge in [0.05, 0.1) is 24.6 Å². The second-order valence-electron chi connectivity index (χ2n) is 6.61. The maximum Gasteiger partial charge on any atom is 0.244 e. The lowest BCUT2D eigenvalue weighted by Gasteiger charge is -2.19. The molecule has 1 saturated carbocycles. The summed E-state index contributed by atoms with van der Waals surface area (Å²) in [6.45, 7) is 1.55. The van der Waals surface area contributed by atoms with Crippen molar-refractivity contribution in [2.45, 2.75) is 32.6 Å². The van der Waals surface area contributed by atoms with E-state index >= 15 is 0 Å². The number of carbonyl (C=O) groups is 3. The lowest BCUT2D eigenvalue weighted by Crippen LogP contribution is -2.38. The van der Waals surface area contributed by atoms with E-state index in [4.69, 9.17) is 16.3 Å². The van der Waals surface area contributed by atoms with E-state index in [0.717, 1.165) is 36.1 Å². The molecule has 1 aliphatic heterocycles. The highest BCUT2D eigenvalue weighted by molar-refractivity contribution is 6.31. The van der Waals surface area contributed by atoms with Crippen molar-refractivity contribution in [2.75, 3.05) is 19.0 Å². The van der Waals surface area contributed by atoms with Gasteiger partial charge in [-0.1, -0.05) is 24.4 Å². The lowest BCUT2D eigenvalue weighted by molar-refractivity contribution is -0.142. The highest BCUT2D eigenvalue weighted by Gasteiger charge is 2.48. The van der Waals surface area contributed by atoms with Gasteiger partial charge in [0.25, 0.3) is 0 Å². The number of nitrogens with zero attached hydrogens (tertiary/aromatic N) is 1. The van der Waals surface area contributed by atoms with Gasteiger partial charge in [0, 0.05) is 11.1 Å². The first-order chi connectivity index (χ1) is 11.9. The van der Waals surface area contributed by atoms with E-state index in [-0.39, 0.29) is 30.2 Å². The molecule has 1 saturated heterocycles. The minimum atomic E-state index is -0.430. The summed E-state index contributed by atoms with van der Waals surface area (Å²) in [4.78, 5) is 38.4. The molecule has 2 fully saturated rings. The fraction of sp³-hybridized carbons (Fsp3) is 0.500. The summed E-state index contributed by atoms with van der Waals surface area (Å²) in [5.74, 6) is -0.937. The van der Waals surface area contributed by atoms with Gasteiger partial charge in [0.15, 0.2) is 0 Å². The molecule has 1 aromatic carbocycles. The Morgan fingerprint density at radius 3 is 2.40 bits per heavy atom. The molecule has 7 heteroatoms. The average molecular weight is 365 g/mol. The predicted molar refractivity (Wildman–Crippen MR) is 93.5 cm³/mol. The van der Waals surface area contributed by atoms with Gasteiger partial charge in [-0.25, -0.2) is 0 Å². The zero-order chi connectivity index (χ0) is 18.1. The summed E-state index contributed by atoms with van der Waals surface area (Å²) >= 11 is 6.06. The third-order valence-corrected chi connectivity index (χ3v) is 5.40. The number of anilines is 1. The molecule has 2 atom stereocenters. The maximum atomic E-state index is 12.4. The Bertz CT molecular complexity index is 710. The molecule has 0 aromatic heterocycles. The van der Waals surface area contributed by atoms with Crippen LogP contribution in [0.2, 0.25) is 5.02 Å². The van der Waals surface area contributed by atoms with Crippen molar-refractivity contribution >= 4 is 35.0 Å². The largest absolute Gasteiger partial charge is 0.495 e. The number of benzene rings is 1. The molecule has 1 heterocycles. The van der Waals surface area contributed by atoms with Gasteiger partial charge in [-0.15, -0.1) is 0 Å². The molecule has 134 valence electrons. The molecular formula is C18H21ClN2O4. The van der Waals surface area contributed by atoms with Crippen LogP contribution in [-0.2, 0) is 14.4 Å². The van der Waals surface area contributed by atoms with Crippen LogP contribution in [0.3, 0.4) is 0 Å². The number of aryl methyl sites for hydroxylation is 1. The number of ether oxygens (including phenoxy) is 1.